The zero-order chi connectivity index (χ0) is 26.6. The van der Waals surface area contributed by atoms with Gasteiger partial charge in [0.05, 0.1) is 12.6 Å². The lowest BCUT2D eigenvalue weighted by atomic mass is 9.90. The molecule has 2 saturated heterocycles. The predicted octanol–water partition coefficient (Wildman–Crippen LogP) is 3.36. The number of amides is 1. The summed E-state index contributed by atoms with van der Waals surface area (Å²) in [6.07, 6.45) is 0.849. The Labute approximate surface area is 211 Å². The van der Waals surface area contributed by atoms with Gasteiger partial charge in [-0.05, 0) is 42.5 Å². The fourth-order valence-corrected chi connectivity index (χ4v) is 6.20. The van der Waals surface area contributed by atoms with Crippen LogP contribution < -0.4 is 4.72 Å². The molecule has 1 amide bonds. The number of likely N-dealkylation sites (tertiary alicyclic amines) is 1. The molecule has 0 unspecified atom stereocenters. The number of carbonyl (C=O) groups is 1. The van der Waals surface area contributed by atoms with Crippen LogP contribution in [0.3, 0.4) is 0 Å². The number of sulfonamides is 1. The van der Waals surface area contributed by atoms with Crippen molar-refractivity contribution in [3.05, 3.63) is 59.7 Å². The fourth-order valence-electron chi connectivity index (χ4n) is 5.34. The van der Waals surface area contributed by atoms with E-state index in [4.69, 9.17) is 4.74 Å². The Balaban J connectivity index is 1.55. The highest BCUT2D eigenvalue weighted by atomic mass is 32.2. The van der Waals surface area contributed by atoms with Crippen molar-refractivity contribution in [3.8, 4) is 17.2 Å². The van der Waals surface area contributed by atoms with Crippen LogP contribution >= 0.6 is 0 Å². The first-order valence-corrected chi connectivity index (χ1v) is 13.3. The van der Waals surface area contributed by atoms with E-state index in [-0.39, 0.29) is 42.7 Å². The maximum Gasteiger partial charge on any atom is 0.350 e. The van der Waals surface area contributed by atoms with Gasteiger partial charge in [0.15, 0.2) is 0 Å². The van der Waals surface area contributed by atoms with Crippen LogP contribution in [0, 0.1) is 28.4 Å². The van der Waals surface area contributed by atoms with E-state index >= 15 is 4.39 Å². The number of alkyl halides is 2. The van der Waals surface area contributed by atoms with Crippen LogP contribution in [0.15, 0.2) is 42.5 Å². The zero-order valence-electron chi connectivity index (χ0n) is 19.5. The lowest BCUT2D eigenvalue weighted by molar-refractivity contribution is -0.172. The molecule has 0 radical (unpaired) electrons. The first-order valence-electron chi connectivity index (χ1n) is 11.7. The second-order valence-electron chi connectivity index (χ2n) is 9.79. The molecule has 1 saturated carbocycles. The summed E-state index contributed by atoms with van der Waals surface area (Å²) in [5.41, 5.74) is -2.09. The highest BCUT2D eigenvalue weighted by Gasteiger charge is 2.64. The summed E-state index contributed by atoms with van der Waals surface area (Å²) >= 11 is 0. The Morgan fingerprint density at radius 2 is 1.89 bits per heavy atom. The van der Waals surface area contributed by atoms with Crippen LogP contribution in [0.25, 0.3) is 11.1 Å². The molecule has 3 fully saturated rings. The van der Waals surface area contributed by atoms with Crippen LogP contribution in [0.1, 0.15) is 24.8 Å². The number of nitrogens with one attached hydrogen (secondary N) is 1. The molecule has 2 aliphatic heterocycles. The van der Waals surface area contributed by atoms with E-state index < -0.39 is 56.4 Å². The molecule has 0 bridgehead atoms. The maximum atomic E-state index is 15.7. The summed E-state index contributed by atoms with van der Waals surface area (Å²) in [5, 5.41) is 9.62. The molecule has 2 aromatic carbocycles. The first kappa shape index (κ1) is 25.6. The Morgan fingerprint density at radius 1 is 1.19 bits per heavy atom. The number of rotatable bonds is 7. The predicted molar refractivity (Wildman–Crippen MR) is 123 cm³/mol. The van der Waals surface area contributed by atoms with Crippen LogP contribution in [0.5, 0.6) is 0 Å². The van der Waals surface area contributed by atoms with E-state index in [0.29, 0.717) is 12.8 Å². The van der Waals surface area contributed by atoms with E-state index in [1.807, 2.05) is 6.07 Å². The number of hydrogen-bond donors (Lipinski definition) is 1. The number of nitriles is 1. The van der Waals surface area contributed by atoms with E-state index in [1.54, 1.807) is 0 Å². The van der Waals surface area contributed by atoms with Crippen LogP contribution in [0.4, 0.5) is 17.6 Å². The van der Waals surface area contributed by atoms with Crippen LogP contribution in [-0.4, -0.2) is 55.8 Å². The van der Waals surface area contributed by atoms with Crippen molar-refractivity contribution in [1.82, 2.24) is 9.62 Å². The van der Waals surface area contributed by atoms with E-state index in [9.17, 15) is 31.6 Å². The van der Waals surface area contributed by atoms with E-state index in [1.165, 1.54) is 41.3 Å². The molecule has 1 spiro atoms. The number of hydrogen-bond acceptors (Lipinski definition) is 5. The quantitative estimate of drug-likeness (QED) is 0.547. The summed E-state index contributed by atoms with van der Waals surface area (Å²) in [6, 6.07) is 9.46. The van der Waals surface area contributed by atoms with Gasteiger partial charge in [-0.1, -0.05) is 30.3 Å². The van der Waals surface area contributed by atoms with Gasteiger partial charge >= 0.3 is 5.76 Å². The second kappa shape index (κ2) is 9.08. The van der Waals surface area contributed by atoms with Gasteiger partial charge in [-0.2, -0.15) is 14.0 Å². The monoisotopic (exact) mass is 537 g/mol. The van der Waals surface area contributed by atoms with Crippen molar-refractivity contribution >= 4 is 15.9 Å². The minimum absolute atomic E-state index is 0.0188. The van der Waals surface area contributed by atoms with Crippen LogP contribution in [0.2, 0.25) is 0 Å². The minimum atomic E-state index is -5.04. The molecule has 1 N–H and O–H groups in total. The molecule has 37 heavy (non-hydrogen) atoms. The van der Waals surface area contributed by atoms with E-state index in [2.05, 4.69) is 4.72 Å². The van der Waals surface area contributed by atoms with Crippen LogP contribution in [-0.2, 0) is 26.0 Å². The molecule has 5 rings (SSSR count). The maximum absolute atomic E-state index is 15.7. The molecule has 2 heterocycles. The Bertz CT molecular complexity index is 1390. The fraction of sp³-hybridized carbons (Fsp3) is 0.440. The third kappa shape index (κ3) is 4.39. The summed E-state index contributed by atoms with van der Waals surface area (Å²) in [5.74, 6) is -5.66. The van der Waals surface area contributed by atoms with Crippen molar-refractivity contribution in [3.63, 3.8) is 0 Å². The smallest absolute Gasteiger partial charge is 0.350 e. The van der Waals surface area contributed by atoms with Crippen molar-refractivity contribution in [1.29, 1.82) is 5.26 Å². The largest absolute Gasteiger partial charge is 0.352 e. The van der Waals surface area contributed by atoms with Crippen molar-refractivity contribution in [2.45, 2.75) is 49.1 Å². The summed E-state index contributed by atoms with van der Waals surface area (Å²) in [7, 11) is -5.04. The van der Waals surface area contributed by atoms with Gasteiger partial charge in [0.25, 0.3) is 15.9 Å². The lowest BCUT2D eigenvalue weighted by Crippen LogP contribution is -2.59. The molecular formula is C25H23F4N3O4S. The molecule has 196 valence electrons. The van der Waals surface area contributed by atoms with Gasteiger partial charge < -0.3 is 9.64 Å². The van der Waals surface area contributed by atoms with Gasteiger partial charge in [-0.15, -0.1) is 0 Å². The molecular weight excluding hydrogens is 514 g/mol. The number of nitrogens with zero attached hydrogens (tertiary/aromatic N) is 2. The van der Waals surface area contributed by atoms with Crippen molar-refractivity contribution in [2.75, 3.05) is 13.2 Å². The highest BCUT2D eigenvalue weighted by molar-refractivity contribution is 7.89. The molecule has 3 atom stereocenters. The van der Waals surface area contributed by atoms with E-state index in [0.717, 1.165) is 6.07 Å². The third-order valence-corrected chi connectivity index (χ3v) is 8.63. The Kier molecular flexibility index (Phi) is 6.29. The first-order chi connectivity index (χ1) is 17.5. The van der Waals surface area contributed by atoms with Gasteiger partial charge in [0, 0.05) is 30.0 Å². The molecule has 12 heteroatoms. The third-order valence-electron chi connectivity index (χ3n) is 7.58. The summed E-state index contributed by atoms with van der Waals surface area (Å²) in [4.78, 5) is 14.8. The molecule has 3 aliphatic rings. The average Bonchev–Trinajstić information content (AvgIpc) is 3.55. The zero-order valence-corrected chi connectivity index (χ0v) is 20.3. The van der Waals surface area contributed by atoms with Gasteiger partial charge in [-0.25, -0.2) is 21.9 Å². The van der Waals surface area contributed by atoms with Crippen molar-refractivity contribution in [2.24, 2.45) is 5.41 Å². The highest BCUT2D eigenvalue weighted by Crippen LogP contribution is 2.56. The number of benzene rings is 2. The number of carbonyl (C=O) groups excluding carboxylic acids is 1. The standard InChI is InChI=1S/C25H23F4N3O4S/c26-17-5-1-3-15(11-17)18-6-2-4-16(20(18)27)12-19-21(31-37(34,35)23(28)29)24(7-8-24)14-32(19)22(33)25(13-30)9-10-36-25/h1-6,11,19,21,23,31H,7-10,12,14H2/t19-,21+,25+/m0/s1. The van der Waals surface area contributed by atoms with Crippen molar-refractivity contribution < 1.29 is 35.5 Å². The normalized spacial score (nSPS) is 26.2. The number of halogens is 4. The summed E-state index contributed by atoms with van der Waals surface area (Å²) in [6.45, 7) is 0.208. The SMILES string of the molecule is N#C[C@@]1(C(=O)N2CC3(CC3)[C@H](NS(=O)(=O)C(F)F)[C@@H]2Cc2cccc(-c3cccc(F)c3)c2F)CCO1. The minimum Gasteiger partial charge on any atom is -0.352 e. The van der Waals surface area contributed by atoms with Gasteiger partial charge in [0.2, 0.25) is 5.60 Å². The average molecular weight is 538 g/mol. The molecule has 0 aromatic heterocycles. The topological polar surface area (TPSA) is 99.5 Å². The Hall–Kier alpha value is -3.01. The lowest BCUT2D eigenvalue weighted by Gasteiger charge is -2.39. The Morgan fingerprint density at radius 3 is 2.46 bits per heavy atom. The van der Waals surface area contributed by atoms with Gasteiger partial charge in [-0.3, -0.25) is 4.79 Å². The number of ether oxygens (including phenoxy) is 1. The molecule has 7 nitrogen and oxygen atoms in total. The second-order valence-corrected chi connectivity index (χ2v) is 11.5. The van der Waals surface area contributed by atoms with Gasteiger partial charge in [0.1, 0.15) is 17.7 Å². The molecule has 2 aromatic rings. The summed E-state index contributed by atoms with van der Waals surface area (Å²) < 4.78 is 87.8. The molecule has 1 aliphatic carbocycles.